The number of carbonyl (C=O) groups is 1. The van der Waals surface area contributed by atoms with Crippen LogP contribution in [0.4, 0.5) is 5.69 Å². The van der Waals surface area contributed by atoms with Crippen LogP contribution >= 0.6 is 0 Å². The standard InChI is InChI=1S/C14H15N5O2/c1-21-13-5-4-11(3-2-6-15)7-12(13)18-14(20)8-19-10-16-9-17-19/h4-5,7,9-10H,6,8,15H2,1H3,(H,18,20). The van der Waals surface area contributed by atoms with Crippen molar-refractivity contribution in [2.75, 3.05) is 19.0 Å². The van der Waals surface area contributed by atoms with Crippen LogP contribution in [0.25, 0.3) is 0 Å². The molecule has 0 aliphatic heterocycles. The number of amides is 1. The largest absolute Gasteiger partial charge is 0.495 e. The van der Waals surface area contributed by atoms with Crippen LogP contribution in [0.3, 0.4) is 0 Å². The summed E-state index contributed by atoms with van der Waals surface area (Å²) in [6, 6.07) is 5.28. The summed E-state index contributed by atoms with van der Waals surface area (Å²) in [5, 5.41) is 6.64. The van der Waals surface area contributed by atoms with Crippen LogP contribution < -0.4 is 15.8 Å². The Morgan fingerprint density at radius 2 is 2.38 bits per heavy atom. The van der Waals surface area contributed by atoms with Gasteiger partial charge in [0.15, 0.2) is 0 Å². The number of benzene rings is 1. The fraction of sp³-hybridized carbons (Fsp3) is 0.214. The summed E-state index contributed by atoms with van der Waals surface area (Å²) in [5.41, 5.74) is 6.64. The minimum Gasteiger partial charge on any atom is -0.495 e. The Morgan fingerprint density at radius 1 is 1.52 bits per heavy atom. The highest BCUT2D eigenvalue weighted by Crippen LogP contribution is 2.25. The summed E-state index contributed by atoms with van der Waals surface area (Å²) in [4.78, 5) is 15.7. The SMILES string of the molecule is COc1ccc(C#CCN)cc1NC(=O)Cn1cncn1. The van der Waals surface area contributed by atoms with E-state index in [1.165, 1.54) is 24.4 Å². The average molecular weight is 285 g/mol. The van der Waals surface area contributed by atoms with Crippen molar-refractivity contribution in [2.45, 2.75) is 6.54 Å². The second-order valence-corrected chi connectivity index (χ2v) is 4.06. The number of nitrogens with two attached hydrogens (primary N) is 1. The maximum absolute atomic E-state index is 12.0. The van der Waals surface area contributed by atoms with Crippen molar-refractivity contribution in [3.63, 3.8) is 0 Å². The molecule has 0 radical (unpaired) electrons. The number of nitrogens with one attached hydrogen (secondary N) is 1. The van der Waals surface area contributed by atoms with Crippen molar-refractivity contribution in [1.82, 2.24) is 14.8 Å². The van der Waals surface area contributed by atoms with E-state index in [1.54, 1.807) is 18.2 Å². The van der Waals surface area contributed by atoms with E-state index in [4.69, 9.17) is 10.5 Å². The minimum atomic E-state index is -0.234. The van der Waals surface area contributed by atoms with E-state index in [2.05, 4.69) is 27.2 Å². The molecule has 1 aromatic carbocycles. The number of methoxy groups -OCH3 is 1. The molecule has 21 heavy (non-hydrogen) atoms. The Hall–Kier alpha value is -2.85. The second kappa shape index (κ2) is 7.07. The number of rotatable bonds is 4. The van der Waals surface area contributed by atoms with Crippen LogP contribution in [0.2, 0.25) is 0 Å². The number of anilines is 1. The van der Waals surface area contributed by atoms with E-state index in [-0.39, 0.29) is 19.0 Å². The van der Waals surface area contributed by atoms with Gasteiger partial charge in [0.05, 0.1) is 19.3 Å². The van der Waals surface area contributed by atoms with Gasteiger partial charge in [-0.3, -0.25) is 4.79 Å². The summed E-state index contributed by atoms with van der Waals surface area (Å²) in [7, 11) is 1.54. The van der Waals surface area contributed by atoms with Gasteiger partial charge in [-0.1, -0.05) is 11.8 Å². The fourth-order valence-corrected chi connectivity index (χ4v) is 1.69. The highest BCUT2D eigenvalue weighted by atomic mass is 16.5. The molecule has 1 heterocycles. The van der Waals surface area contributed by atoms with Gasteiger partial charge in [0.25, 0.3) is 0 Å². The lowest BCUT2D eigenvalue weighted by Crippen LogP contribution is -2.19. The first-order valence-corrected chi connectivity index (χ1v) is 6.22. The van der Waals surface area contributed by atoms with Gasteiger partial charge < -0.3 is 15.8 Å². The molecule has 3 N–H and O–H groups in total. The summed E-state index contributed by atoms with van der Waals surface area (Å²) >= 11 is 0. The molecule has 0 unspecified atom stereocenters. The lowest BCUT2D eigenvalue weighted by atomic mass is 10.2. The van der Waals surface area contributed by atoms with Crippen molar-refractivity contribution >= 4 is 11.6 Å². The van der Waals surface area contributed by atoms with Gasteiger partial charge in [0.1, 0.15) is 24.9 Å². The molecule has 1 aromatic heterocycles. The third-order valence-corrected chi connectivity index (χ3v) is 2.58. The van der Waals surface area contributed by atoms with Crippen molar-refractivity contribution in [3.05, 3.63) is 36.4 Å². The normalized spacial score (nSPS) is 9.62. The monoisotopic (exact) mass is 285 g/mol. The van der Waals surface area contributed by atoms with Gasteiger partial charge in [0.2, 0.25) is 5.91 Å². The van der Waals surface area contributed by atoms with Crippen LogP contribution in [0.5, 0.6) is 5.75 Å². The topological polar surface area (TPSA) is 95.1 Å². The molecule has 0 aliphatic carbocycles. The van der Waals surface area contributed by atoms with Gasteiger partial charge in [-0.2, -0.15) is 5.10 Å². The first-order valence-electron chi connectivity index (χ1n) is 6.22. The van der Waals surface area contributed by atoms with E-state index in [0.717, 1.165) is 5.56 Å². The van der Waals surface area contributed by atoms with E-state index >= 15 is 0 Å². The number of ether oxygens (including phenoxy) is 1. The molecule has 0 aliphatic rings. The molecule has 2 rings (SSSR count). The highest BCUT2D eigenvalue weighted by Gasteiger charge is 2.09. The Labute approximate surface area is 122 Å². The van der Waals surface area contributed by atoms with Crippen LogP contribution in [0.1, 0.15) is 5.56 Å². The van der Waals surface area contributed by atoms with Gasteiger partial charge in [-0.05, 0) is 18.2 Å². The van der Waals surface area contributed by atoms with Crippen molar-refractivity contribution in [1.29, 1.82) is 0 Å². The summed E-state index contributed by atoms with van der Waals surface area (Å²) in [6.45, 7) is 0.349. The zero-order chi connectivity index (χ0) is 15.1. The Morgan fingerprint density at radius 3 is 3.05 bits per heavy atom. The summed E-state index contributed by atoms with van der Waals surface area (Å²) in [5.74, 6) is 5.99. The third-order valence-electron chi connectivity index (χ3n) is 2.58. The van der Waals surface area contributed by atoms with E-state index in [1.807, 2.05) is 0 Å². The molecule has 7 heteroatoms. The molecule has 0 bridgehead atoms. The number of nitrogens with zero attached hydrogens (tertiary/aromatic N) is 3. The first-order chi connectivity index (χ1) is 10.2. The molecular weight excluding hydrogens is 270 g/mol. The lowest BCUT2D eigenvalue weighted by molar-refractivity contribution is -0.116. The third kappa shape index (κ3) is 4.06. The van der Waals surface area contributed by atoms with E-state index in [9.17, 15) is 4.79 Å². The number of carbonyl (C=O) groups excluding carboxylic acids is 1. The quantitative estimate of drug-likeness (QED) is 0.784. The predicted molar refractivity (Wildman–Crippen MR) is 77.6 cm³/mol. The molecule has 0 spiro atoms. The minimum absolute atomic E-state index is 0.0713. The van der Waals surface area contributed by atoms with Crippen molar-refractivity contribution in [2.24, 2.45) is 5.73 Å². The van der Waals surface area contributed by atoms with Crippen LogP contribution in [-0.4, -0.2) is 34.3 Å². The zero-order valence-electron chi connectivity index (χ0n) is 11.5. The predicted octanol–water partition coefficient (Wildman–Crippen LogP) is 0.236. The van der Waals surface area contributed by atoms with Gasteiger partial charge in [-0.15, -0.1) is 0 Å². The fourth-order valence-electron chi connectivity index (χ4n) is 1.69. The Balaban J connectivity index is 2.14. The van der Waals surface area contributed by atoms with Crippen LogP contribution in [0.15, 0.2) is 30.9 Å². The maximum Gasteiger partial charge on any atom is 0.246 e. The molecule has 2 aromatic rings. The van der Waals surface area contributed by atoms with Crippen LogP contribution in [0, 0.1) is 11.8 Å². The van der Waals surface area contributed by atoms with Gasteiger partial charge in [-0.25, -0.2) is 9.67 Å². The molecule has 0 saturated heterocycles. The van der Waals surface area contributed by atoms with Gasteiger partial charge >= 0.3 is 0 Å². The Bertz CT molecular complexity index is 670. The average Bonchev–Trinajstić information content (AvgIpc) is 2.98. The van der Waals surface area contributed by atoms with Crippen molar-refractivity contribution in [3.8, 4) is 17.6 Å². The summed E-state index contributed by atoms with van der Waals surface area (Å²) < 4.78 is 6.65. The lowest BCUT2D eigenvalue weighted by Gasteiger charge is -2.10. The maximum atomic E-state index is 12.0. The molecule has 108 valence electrons. The van der Waals surface area contributed by atoms with Crippen molar-refractivity contribution < 1.29 is 9.53 Å². The first kappa shape index (κ1) is 14.6. The Kier molecular flexibility index (Phi) is 4.90. The molecule has 0 saturated carbocycles. The molecule has 0 atom stereocenters. The smallest absolute Gasteiger partial charge is 0.246 e. The number of hydrogen-bond acceptors (Lipinski definition) is 5. The number of aromatic nitrogens is 3. The molecule has 7 nitrogen and oxygen atoms in total. The summed E-state index contributed by atoms with van der Waals surface area (Å²) in [6.07, 6.45) is 2.84. The van der Waals surface area contributed by atoms with Gasteiger partial charge in [0, 0.05) is 5.56 Å². The zero-order valence-corrected chi connectivity index (χ0v) is 11.5. The molecule has 1 amide bonds. The van der Waals surface area contributed by atoms with Crippen LogP contribution in [-0.2, 0) is 11.3 Å². The molecule has 0 fully saturated rings. The van der Waals surface area contributed by atoms with E-state index < -0.39 is 0 Å². The highest BCUT2D eigenvalue weighted by molar-refractivity contribution is 5.92. The molecular formula is C14H15N5O2. The number of hydrogen-bond donors (Lipinski definition) is 2. The van der Waals surface area contributed by atoms with E-state index in [0.29, 0.717) is 11.4 Å². The second-order valence-electron chi connectivity index (χ2n) is 4.06.